The molecule has 0 bridgehead atoms. The normalized spacial score (nSPS) is 11.4. The monoisotopic (exact) mass is 462 g/mol. The maximum atomic E-state index is 12.9. The Morgan fingerprint density at radius 2 is 1.83 bits per heavy atom. The quantitative estimate of drug-likeness (QED) is 0.583. The number of benzene rings is 2. The van der Waals surface area contributed by atoms with Gasteiger partial charge in [0, 0.05) is 17.6 Å². The van der Waals surface area contributed by atoms with Crippen molar-refractivity contribution >= 4 is 27.7 Å². The third kappa shape index (κ3) is 7.09. The second-order valence-corrected chi connectivity index (χ2v) is 7.50. The SMILES string of the molecule is CCCNC(=O)[C@@H](C)N(Cc1cccc(Br)c1)C(=O)COc1ccc(OC)cc1. The van der Waals surface area contributed by atoms with Crippen LogP contribution < -0.4 is 14.8 Å². The van der Waals surface area contributed by atoms with Gasteiger partial charge in [0.1, 0.15) is 17.5 Å². The van der Waals surface area contributed by atoms with Crippen LogP contribution in [0.2, 0.25) is 0 Å². The van der Waals surface area contributed by atoms with Crippen molar-refractivity contribution in [2.24, 2.45) is 0 Å². The largest absolute Gasteiger partial charge is 0.497 e. The average molecular weight is 463 g/mol. The highest BCUT2D eigenvalue weighted by atomic mass is 79.9. The second-order valence-electron chi connectivity index (χ2n) is 6.58. The molecule has 1 N–H and O–H groups in total. The molecule has 29 heavy (non-hydrogen) atoms. The van der Waals surface area contributed by atoms with Crippen LogP contribution in [-0.2, 0) is 16.1 Å². The predicted octanol–water partition coefficient (Wildman–Crippen LogP) is 3.78. The van der Waals surface area contributed by atoms with Gasteiger partial charge in [0.15, 0.2) is 6.61 Å². The lowest BCUT2D eigenvalue weighted by atomic mass is 10.1. The number of ether oxygens (including phenoxy) is 2. The fourth-order valence-electron chi connectivity index (χ4n) is 2.71. The summed E-state index contributed by atoms with van der Waals surface area (Å²) in [7, 11) is 1.59. The number of carbonyl (C=O) groups is 2. The number of nitrogens with zero attached hydrogens (tertiary/aromatic N) is 1. The van der Waals surface area contributed by atoms with Gasteiger partial charge in [-0.05, 0) is 55.3 Å². The number of amides is 2. The van der Waals surface area contributed by atoms with Gasteiger partial charge in [0.05, 0.1) is 7.11 Å². The molecule has 0 heterocycles. The van der Waals surface area contributed by atoms with Gasteiger partial charge in [-0.1, -0.05) is 35.0 Å². The first kappa shape index (κ1) is 22.7. The number of nitrogens with one attached hydrogen (secondary N) is 1. The summed E-state index contributed by atoms with van der Waals surface area (Å²) >= 11 is 3.44. The van der Waals surface area contributed by atoms with Crippen LogP contribution in [0.25, 0.3) is 0 Å². The van der Waals surface area contributed by atoms with Gasteiger partial charge in [-0.2, -0.15) is 0 Å². The lowest BCUT2D eigenvalue weighted by Crippen LogP contribution is -2.49. The van der Waals surface area contributed by atoms with E-state index in [4.69, 9.17) is 9.47 Å². The first-order valence-electron chi connectivity index (χ1n) is 9.53. The van der Waals surface area contributed by atoms with Crippen molar-refractivity contribution in [2.45, 2.75) is 32.9 Å². The van der Waals surface area contributed by atoms with Gasteiger partial charge in [-0.25, -0.2) is 0 Å². The maximum Gasteiger partial charge on any atom is 0.261 e. The summed E-state index contributed by atoms with van der Waals surface area (Å²) in [6, 6.07) is 14.1. The molecular weight excluding hydrogens is 436 g/mol. The minimum Gasteiger partial charge on any atom is -0.497 e. The first-order valence-corrected chi connectivity index (χ1v) is 10.3. The Bertz CT molecular complexity index is 811. The Morgan fingerprint density at radius 1 is 1.14 bits per heavy atom. The van der Waals surface area contributed by atoms with E-state index in [-0.39, 0.29) is 18.4 Å². The molecule has 0 aliphatic rings. The standard InChI is InChI=1S/C22H27BrN2O4/c1-4-12-24-22(27)16(2)25(14-17-6-5-7-18(23)13-17)21(26)15-29-20-10-8-19(28-3)9-11-20/h5-11,13,16H,4,12,14-15H2,1-3H3,(H,24,27)/t16-/m1/s1. The number of methoxy groups -OCH3 is 1. The predicted molar refractivity (Wildman–Crippen MR) is 116 cm³/mol. The molecule has 0 radical (unpaired) electrons. The third-order valence-electron chi connectivity index (χ3n) is 4.38. The van der Waals surface area contributed by atoms with Gasteiger partial charge < -0.3 is 19.7 Å². The van der Waals surface area contributed by atoms with Crippen molar-refractivity contribution in [1.82, 2.24) is 10.2 Å². The Morgan fingerprint density at radius 3 is 2.45 bits per heavy atom. The van der Waals surface area contributed by atoms with Crippen LogP contribution in [-0.4, -0.2) is 43.0 Å². The molecular formula is C22H27BrN2O4. The molecule has 0 aliphatic carbocycles. The summed E-state index contributed by atoms with van der Waals surface area (Å²) in [6.07, 6.45) is 0.832. The number of hydrogen-bond acceptors (Lipinski definition) is 4. The van der Waals surface area contributed by atoms with E-state index in [0.29, 0.717) is 24.6 Å². The lowest BCUT2D eigenvalue weighted by molar-refractivity contribution is -0.142. The average Bonchev–Trinajstić information content (AvgIpc) is 2.74. The van der Waals surface area contributed by atoms with Gasteiger partial charge in [-0.15, -0.1) is 0 Å². The zero-order valence-electron chi connectivity index (χ0n) is 17.0. The summed E-state index contributed by atoms with van der Waals surface area (Å²) in [5.41, 5.74) is 0.923. The fourth-order valence-corrected chi connectivity index (χ4v) is 3.16. The molecule has 2 rings (SSSR count). The molecule has 6 nitrogen and oxygen atoms in total. The minimum atomic E-state index is -0.618. The van der Waals surface area contributed by atoms with Crippen molar-refractivity contribution in [2.75, 3.05) is 20.3 Å². The molecule has 0 spiro atoms. The van der Waals surface area contributed by atoms with E-state index < -0.39 is 6.04 Å². The fraction of sp³-hybridized carbons (Fsp3) is 0.364. The summed E-state index contributed by atoms with van der Waals surface area (Å²) in [6.45, 7) is 4.44. The van der Waals surface area contributed by atoms with Crippen LogP contribution in [0.15, 0.2) is 53.0 Å². The number of halogens is 1. The van der Waals surface area contributed by atoms with Crippen molar-refractivity contribution in [1.29, 1.82) is 0 Å². The molecule has 2 aromatic rings. The van der Waals surface area contributed by atoms with E-state index in [9.17, 15) is 9.59 Å². The molecule has 0 unspecified atom stereocenters. The van der Waals surface area contributed by atoms with E-state index in [2.05, 4.69) is 21.2 Å². The molecule has 0 aromatic heterocycles. The maximum absolute atomic E-state index is 12.9. The van der Waals surface area contributed by atoms with E-state index in [1.165, 1.54) is 4.90 Å². The van der Waals surface area contributed by atoms with E-state index in [1.807, 2.05) is 31.2 Å². The highest BCUT2D eigenvalue weighted by Crippen LogP contribution is 2.18. The Labute approximate surface area is 180 Å². The van der Waals surface area contributed by atoms with Crippen molar-refractivity contribution in [3.63, 3.8) is 0 Å². The zero-order chi connectivity index (χ0) is 21.2. The van der Waals surface area contributed by atoms with E-state index in [0.717, 1.165) is 16.5 Å². The van der Waals surface area contributed by atoms with Crippen molar-refractivity contribution < 1.29 is 19.1 Å². The Hall–Kier alpha value is -2.54. The number of carbonyl (C=O) groups excluding carboxylic acids is 2. The van der Waals surface area contributed by atoms with Crippen molar-refractivity contribution in [3.8, 4) is 11.5 Å². The highest BCUT2D eigenvalue weighted by Gasteiger charge is 2.26. The smallest absolute Gasteiger partial charge is 0.261 e. The van der Waals surface area contributed by atoms with E-state index >= 15 is 0 Å². The molecule has 7 heteroatoms. The highest BCUT2D eigenvalue weighted by molar-refractivity contribution is 9.10. The summed E-state index contributed by atoms with van der Waals surface area (Å²) in [5.74, 6) is 0.824. The molecule has 0 saturated heterocycles. The number of rotatable bonds is 10. The summed E-state index contributed by atoms with van der Waals surface area (Å²) in [5, 5.41) is 2.85. The van der Waals surface area contributed by atoms with E-state index in [1.54, 1.807) is 38.3 Å². The molecule has 2 aromatic carbocycles. The van der Waals surface area contributed by atoms with Gasteiger partial charge in [-0.3, -0.25) is 9.59 Å². The van der Waals surface area contributed by atoms with Crippen LogP contribution in [0.3, 0.4) is 0 Å². The third-order valence-corrected chi connectivity index (χ3v) is 4.87. The topological polar surface area (TPSA) is 67.9 Å². The Balaban J connectivity index is 2.11. The van der Waals surface area contributed by atoms with Crippen LogP contribution in [0.5, 0.6) is 11.5 Å². The molecule has 0 fully saturated rings. The number of hydrogen-bond donors (Lipinski definition) is 1. The molecule has 2 amide bonds. The molecule has 156 valence electrons. The van der Waals surface area contributed by atoms with Crippen LogP contribution in [0, 0.1) is 0 Å². The van der Waals surface area contributed by atoms with Crippen LogP contribution in [0.4, 0.5) is 0 Å². The molecule has 0 saturated carbocycles. The molecule has 0 aliphatic heterocycles. The van der Waals surface area contributed by atoms with Gasteiger partial charge in [0.2, 0.25) is 5.91 Å². The zero-order valence-corrected chi connectivity index (χ0v) is 18.6. The van der Waals surface area contributed by atoms with Crippen LogP contribution in [0.1, 0.15) is 25.8 Å². The lowest BCUT2D eigenvalue weighted by Gasteiger charge is -2.28. The minimum absolute atomic E-state index is 0.161. The van der Waals surface area contributed by atoms with Crippen molar-refractivity contribution in [3.05, 3.63) is 58.6 Å². The van der Waals surface area contributed by atoms with Gasteiger partial charge >= 0.3 is 0 Å². The summed E-state index contributed by atoms with van der Waals surface area (Å²) < 4.78 is 11.7. The second kappa shape index (κ2) is 11.5. The molecule has 1 atom stereocenters. The summed E-state index contributed by atoms with van der Waals surface area (Å²) in [4.78, 5) is 27.0. The van der Waals surface area contributed by atoms with Gasteiger partial charge in [0.25, 0.3) is 5.91 Å². The van der Waals surface area contributed by atoms with Crippen LogP contribution >= 0.6 is 15.9 Å². The first-order chi connectivity index (χ1) is 13.9. The Kier molecular flexibility index (Phi) is 8.99.